The molecule has 2 aliphatic heterocycles. The number of urea groups is 1. The SMILES string of the molecule is CNCC1CCCN(C(=O)N2CCOCC2C(=O)O)C1. The Kier molecular flexibility index (Phi) is 5.19. The standard InChI is InChI=1S/C13H23N3O4/c1-14-7-10-3-2-4-15(8-10)13(19)16-5-6-20-9-11(16)12(17)18/h10-11,14H,2-9H2,1H3,(H,17,18). The molecule has 2 N–H and O–H groups in total. The van der Waals surface area contributed by atoms with E-state index < -0.39 is 12.0 Å². The lowest BCUT2D eigenvalue weighted by atomic mass is 9.98. The van der Waals surface area contributed by atoms with Crippen molar-refractivity contribution in [3.63, 3.8) is 0 Å². The molecule has 114 valence electrons. The molecule has 0 radical (unpaired) electrons. The Morgan fingerprint density at radius 2 is 2.20 bits per heavy atom. The van der Waals surface area contributed by atoms with Gasteiger partial charge in [-0.25, -0.2) is 9.59 Å². The van der Waals surface area contributed by atoms with Gasteiger partial charge >= 0.3 is 12.0 Å². The van der Waals surface area contributed by atoms with Crippen LogP contribution in [0.3, 0.4) is 0 Å². The third kappa shape index (κ3) is 3.40. The summed E-state index contributed by atoms with van der Waals surface area (Å²) in [6.45, 7) is 3.13. The average Bonchev–Trinajstić information content (AvgIpc) is 2.47. The number of piperidine rings is 1. The molecule has 2 saturated heterocycles. The highest BCUT2D eigenvalue weighted by Gasteiger charge is 2.36. The molecule has 0 aromatic carbocycles. The second-order valence-electron chi connectivity index (χ2n) is 5.42. The molecule has 0 bridgehead atoms. The summed E-state index contributed by atoms with van der Waals surface area (Å²) < 4.78 is 5.17. The van der Waals surface area contributed by atoms with Gasteiger partial charge < -0.3 is 25.0 Å². The third-order valence-electron chi connectivity index (χ3n) is 3.94. The van der Waals surface area contributed by atoms with E-state index in [1.807, 2.05) is 7.05 Å². The average molecular weight is 285 g/mol. The lowest BCUT2D eigenvalue weighted by molar-refractivity contribution is -0.147. The van der Waals surface area contributed by atoms with Crippen LogP contribution in [-0.4, -0.2) is 79.4 Å². The number of hydrogen-bond acceptors (Lipinski definition) is 4. The minimum Gasteiger partial charge on any atom is -0.480 e. The molecule has 7 heteroatoms. The van der Waals surface area contributed by atoms with Crippen molar-refractivity contribution in [1.82, 2.24) is 15.1 Å². The van der Waals surface area contributed by atoms with E-state index in [2.05, 4.69) is 5.32 Å². The van der Waals surface area contributed by atoms with E-state index >= 15 is 0 Å². The van der Waals surface area contributed by atoms with Crippen molar-refractivity contribution in [3.8, 4) is 0 Å². The number of nitrogens with one attached hydrogen (secondary N) is 1. The second-order valence-corrected chi connectivity index (χ2v) is 5.42. The number of amides is 2. The highest BCUT2D eigenvalue weighted by Crippen LogP contribution is 2.19. The predicted molar refractivity (Wildman–Crippen MR) is 72.6 cm³/mol. The Morgan fingerprint density at radius 3 is 2.90 bits per heavy atom. The maximum Gasteiger partial charge on any atom is 0.328 e. The van der Waals surface area contributed by atoms with Gasteiger partial charge in [0.05, 0.1) is 13.2 Å². The molecule has 2 heterocycles. The molecule has 0 aromatic heterocycles. The molecular formula is C13H23N3O4. The van der Waals surface area contributed by atoms with Crippen LogP contribution in [0.5, 0.6) is 0 Å². The van der Waals surface area contributed by atoms with Gasteiger partial charge in [0.1, 0.15) is 0 Å². The van der Waals surface area contributed by atoms with Gasteiger partial charge in [-0.1, -0.05) is 0 Å². The summed E-state index contributed by atoms with van der Waals surface area (Å²) in [5, 5.41) is 12.3. The predicted octanol–water partition coefficient (Wildman–Crippen LogP) is -0.177. The van der Waals surface area contributed by atoms with Gasteiger partial charge in [0.15, 0.2) is 6.04 Å². The van der Waals surface area contributed by atoms with Crippen LogP contribution in [0.25, 0.3) is 0 Å². The number of hydrogen-bond donors (Lipinski definition) is 2. The fourth-order valence-corrected chi connectivity index (χ4v) is 2.91. The number of aliphatic carboxylic acids is 1. The summed E-state index contributed by atoms with van der Waals surface area (Å²) in [5.74, 6) is -0.552. The van der Waals surface area contributed by atoms with Gasteiger partial charge in [0, 0.05) is 19.6 Å². The zero-order chi connectivity index (χ0) is 14.5. The molecule has 0 spiro atoms. The summed E-state index contributed by atoms with van der Waals surface area (Å²) in [5.41, 5.74) is 0. The number of ether oxygens (including phenoxy) is 1. The maximum atomic E-state index is 12.5. The number of carbonyl (C=O) groups excluding carboxylic acids is 1. The fourth-order valence-electron chi connectivity index (χ4n) is 2.91. The lowest BCUT2D eigenvalue weighted by Crippen LogP contribution is -2.58. The highest BCUT2D eigenvalue weighted by atomic mass is 16.5. The van der Waals surface area contributed by atoms with Crippen LogP contribution in [0.4, 0.5) is 4.79 Å². The van der Waals surface area contributed by atoms with E-state index in [1.165, 1.54) is 4.90 Å². The number of morpholine rings is 1. The van der Waals surface area contributed by atoms with Crippen LogP contribution in [0, 0.1) is 5.92 Å². The topological polar surface area (TPSA) is 82.1 Å². The first kappa shape index (κ1) is 15.1. The van der Waals surface area contributed by atoms with Gasteiger partial charge in [0.25, 0.3) is 0 Å². The van der Waals surface area contributed by atoms with E-state index in [-0.39, 0.29) is 12.6 Å². The number of likely N-dealkylation sites (tertiary alicyclic amines) is 1. The first-order valence-electron chi connectivity index (χ1n) is 7.14. The molecule has 7 nitrogen and oxygen atoms in total. The summed E-state index contributed by atoms with van der Waals surface area (Å²) in [6.07, 6.45) is 2.08. The highest BCUT2D eigenvalue weighted by molar-refractivity contribution is 5.83. The Hall–Kier alpha value is -1.34. The fraction of sp³-hybridized carbons (Fsp3) is 0.846. The first-order chi connectivity index (χ1) is 9.63. The van der Waals surface area contributed by atoms with Crippen LogP contribution < -0.4 is 5.32 Å². The van der Waals surface area contributed by atoms with Crippen molar-refractivity contribution in [2.24, 2.45) is 5.92 Å². The molecule has 2 amide bonds. The van der Waals surface area contributed by atoms with Crippen LogP contribution in [0.15, 0.2) is 0 Å². The minimum atomic E-state index is -0.998. The Bertz CT molecular complexity index is 362. The Labute approximate surface area is 118 Å². The summed E-state index contributed by atoms with van der Waals surface area (Å²) in [4.78, 5) is 27.0. The van der Waals surface area contributed by atoms with Crippen LogP contribution >= 0.6 is 0 Å². The third-order valence-corrected chi connectivity index (χ3v) is 3.94. The molecule has 20 heavy (non-hydrogen) atoms. The zero-order valence-corrected chi connectivity index (χ0v) is 11.9. The zero-order valence-electron chi connectivity index (χ0n) is 11.9. The first-order valence-corrected chi connectivity index (χ1v) is 7.14. The molecule has 2 atom stereocenters. The molecule has 2 aliphatic rings. The van der Waals surface area contributed by atoms with Crippen LogP contribution in [0.2, 0.25) is 0 Å². The van der Waals surface area contributed by atoms with E-state index in [0.29, 0.717) is 32.2 Å². The van der Waals surface area contributed by atoms with Crippen molar-refractivity contribution in [2.75, 3.05) is 46.4 Å². The van der Waals surface area contributed by atoms with Crippen LogP contribution in [-0.2, 0) is 9.53 Å². The van der Waals surface area contributed by atoms with Gasteiger partial charge in [-0.3, -0.25) is 0 Å². The molecular weight excluding hydrogens is 262 g/mol. The van der Waals surface area contributed by atoms with Gasteiger partial charge in [-0.15, -0.1) is 0 Å². The van der Waals surface area contributed by atoms with E-state index in [4.69, 9.17) is 4.74 Å². The van der Waals surface area contributed by atoms with Crippen molar-refractivity contribution in [3.05, 3.63) is 0 Å². The number of carboxylic acid groups (broad SMARTS) is 1. The molecule has 0 aliphatic carbocycles. The lowest BCUT2D eigenvalue weighted by Gasteiger charge is -2.40. The normalized spacial score (nSPS) is 27.4. The van der Waals surface area contributed by atoms with E-state index in [9.17, 15) is 14.7 Å². The van der Waals surface area contributed by atoms with Crippen molar-refractivity contribution < 1.29 is 19.4 Å². The number of rotatable bonds is 3. The monoisotopic (exact) mass is 285 g/mol. The van der Waals surface area contributed by atoms with Crippen molar-refractivity contribution >= 4 is 12.0 Å². The molecule has 0 saturated carbocycles. The number of nitrogens with zero attached hydrogens (tertiary/aromatic N) is 2. The summed E-state index contributed by atoms with van der Waals surface area (Å²) in [7, 11) is 1.91. The van der Waals surface area contributed by atoms with E-state index in [0.717, 1.165) is 19.4 Å². The minimum absolute atomic E-state index is 0.0782. The van der Waals surface area contributed by atoms with Gasteiger partial charge in [0.2, 0.25) is 0 Å². The van der Waals surface area contributed by atoms with Gasteiger partial charge in [-0.2, -0.15) is 0 Å². The Balaban J connectivity index is 1.99. The molecule has 2 rings (SSSR count). The molecule has 2 fully saturated rings. The second kappa shape index (κ2) is 6.90. The number of carboxylic acids is 1. The quantitative estimate of drug-likeness (QED) is 0.752. The summed E-state index contributed by atoms with van der Waals surface area (Å²) in [6, 6.07) is -1.03. The van der Waals surface area contributed by atoms with Crippen LogP contribution in [0.1, 0.15) is 12.8 Å². The summed E-state index contributed by atoms with van der Waals surface area (Å²) >= 11 is 0. The maximum absolute atomic E-state index is 12.5. The molecule has 2 unspecified atom stereocenters. The largest absolute Gasteiger partial charge is 0.480 e. The van der Waals surface area contributed by atoms with Crippen molar-refractivity contribution in [2.45, 2.75) is 18.9 Å². The smallest absolute Gasteiger partial charge is 0.328 e. The molecule has 0 aromatic rings. The van der Waals surface area contributed by atoms with Crippen molar-refractivity contribution in [1.29, 1.82) is 0 Å². The Morgan fingerprint density at radius 1 is 1.40 bits per heavy atom. The number of carbonyl (C=O) groups is 2. The van der Waals surface area contributed by atoms with Gasteiger partial charge in [-0.05, 0) is 32.4 Å². The van der Waals surface area contributed by atoms with E-state index in [1.54, 1.807) is 4.90 Å².